The normalized spacial score (nSPS) is 10.5. The van der Waals surface area contributed by atoms with Crippen LogP contribution in [-0.4, -0.2) is 11.5 Å². The summed E-state index contributed by atoms with van der Waals surface area (Å²) in [5.41, 5.74) is 1.57. The zero-order valence-electron chi connectivity index (χ0n) is 11.1. The lowest BCUT2D eigenvalue weighted by atomic mass is 10.2. The lowest BCUT2D eigenvalue weighted by Gasteiger charge is -2.09. The van der Waals surface area contributed by atoms with Crippen LogP contribution >= 0.6 is 0 Å². The highest BCUT2D eigenvalue weighted by Gasteiger charge is 2.07. The Labute approximate surface area is 112 Å². The highest BCUT2D eigenvalue weighted by Crippen LogP contribution is 2.25. The van der Waals surface area contributed by atoms with Crippen LogP contribution in [0.1, 0.15) is 18.1 Å². The summed E-state index contributed by atoms with van der Waals surface area (Å²) in [4.78, 5) is 4.10. The molecule has 0 amide bonds. The van der Waals surface area contributed by atoms with Gasteiger partial charge in [-0.15, -0.1) is 0 Å². The van der Waals surface area contributed by atoms with E-state index in [1.165, 1.54) is 0 Å². The maximum absolute atomic E-state index is 13.8. The Bertz CT molecular complexity index is 558. The number of hydrogen-bond acceptors (Lipinski definition) is 3. The maximum Gasteiger partial charge on any atom is 0.168 e. The van der Waals surface area contributed by atoms with E-state index in [4.69, 9.17) is 4.74 Å². The van der Waals surface area contributed by atoms with Crippen molar-refractivity contribution in [1.82, 2.24) is 10.3 Å². The van der Waals surface area contributed by atoms with Gasteiger partial charge in [0.1, 0.15) is 5.75 Å². The number of nitrogens with zero attached hydrogens (tertiary/aromatic N) is 1. The molecule has 1 aromatic carbocycles. The molecular weight excluding hydrogens is 243 g/mol. The second kappa shape index (κ2) is 6.29. The van der Waals surface area contributed by atoms with Gasteiger partial charge in [0.05, 0.1) is 6.20 Å². The zero-order valence-corrected chi connectivity index (χ0v) is 11.1. The summed E-state index contributed by atoms with van der Waals surface area (Å²) in [5.74, 6) is 0.432. The molecule has 1 aromatic heterocycles. The molecule has 19 heavy (non-hydrogen) atoms. The molecule has 0 spiro atoms. The van der Waals surface area contributed by atoms with Crippen LogP contribution in [0.4, 0.5) is 4.39 Å². The van der Waals surface area contributed by atoms with Gasteiger partial charge in [0, 0.05) is 12.7 Å². The first kappa shape index (κ1) is 13.5. The van der Waals surface area contributed by atoms with Crippen LogP contribution in [0.25, 0.3) is 0 Å². The van der Waals surface area contributed by atoms with Gasteiger partial charge in [-0.25, -0.2) is 4.39 Å². The van der Waals surface area contributed by atoms with Gasteiger partial charge in [-0.1, -0.05) is 19.1 Å². The molecule has 0 unspecified atom stereocenters. The second-order valence-electron chi connectivity index (χ2n) is 4.30. The molecule has 0 aliphatic heterocycles. The largest absolute Gasteiger partial charge is 0.453 e. The fourth-order valence-electron chi connectivity index (χ4n) is 1.71. The first-order chi connectivity index (χ1) is 9.20. The number of pyridine rings is 1. The first-order valence-corrected chi connectivity index (χ1v) is 6.28. The van der Waals surface area contributed by atoms with E-state index >= 15 is 0 Å². The van der Waals surface area contributed by atoms with E-state index in [0.29, 0.717) is 11.3 Å². The first-order valence-electron chi connectivity index (χ1n) is 6.28. The van der Waals surface area contributed by atoms with Gasteiger partial charge in [0.25, 0.3) is 0 Å². The van der Waals surface area contributed by atoms with Crippen molar-refractivity contribution in [2.75, 3.05) is 6.54 Å². The average Bonchev–Trinajstić information content (AvgIpc) is 2.42. The van der Waals surface area contributed by atoms with E-state index in [9.17, 15) is 4.39 Å². The number of ether oxygens (including phenoxy) is 1. The molecule has 0 bridgehead atoms. The average molecular weight is 260 g/mol. The number of nitrogens with one attached hydrogen (secondary N) is 1. The Balaban J connectivity index is 2.16. The van der Waals surface area contributed by atoms with Gasteiger partial charge >= 0.3 is 0 Å². The van der Waals surface area contributed by atoms with Crippen molar-refractivity contribution < 1.29 is 9.13 Å². The third-order valence-electron chi connectivity index (χ3n) is 2.73. The lowest BCUT2D eigenvalue weighted by Crippen LogP contribution is -2.11. The van der Waals surface area contributed by atoms with Crippen LogP contribution in [0.3, 0.4) is 0 Å². The van der Waals surface area contributed by atoms with E-state index in [0.717, 1.165) is 18.7 Å². The third-order valence-corrected chi connectivity index (χ3v) is 2.73. The molecule has 0 radical (unpaired) electrons. The van der Waals surface area contributed by atoms with Crippen molar-refractivity contribution in [2.45, 2.75) is 20.4 Å². The van der Waals surface area contributed by atoms with Gasteiger partial charge in [-0.05, 0) is 36.7 Å². The summed E-state index contributed by atoms with van der Waals surface area (Å²) < 4.78 is 19.4. The summed E-state index contributed by atoms with van der Waals surface area (Å²) in [6.45, 7) is 5.35. The Kier molecular flexibility index (Phi) is 4.47. The van der Waals surface area contributed by atoms with Crippen LogP contribution < -0.4 is 10.1 Å². The van der Waals surface area contributed by atoms with Gasteiger partial charge in [0.15, 0.2) is 11.6 Å². The summed E-state index contributed by atoms with van der Waals surface area (Å²) >= 11 is 0. The number of hydrogen-bond donors (Lipinski definition) is 1. The minimum absolute atomic E-state index is 0.224. The number of aromatic nitrogens is 1. The maximum atomic E-state index is 13.8. The topological polar surface area (TPSA) is 34.2 Å². The van der Waals surface area contributed by atoms with Gasteiger partial charge in [-0.2, -0.15) is 0 Å². The molecule has 3 nitrogen and oxygen atoms in total. The van der Waals surface area contributed by atoms with Crippen molar-refractivity contribution in [3.63, 3.8) is 0 Å². The molecule has 100 valence electrons. The minimum atomic E-state index is -0.334. The number of halogens is 1. The highest BCUT2D eigenvalue weighted by molar-refractivity contribution is 5.35. The second-order valence-corrected chi connectivity index (χ2v) is 4.30. The molecule has 1 N–H and O–H groups in total. The molecule has 0 aliphatic rings. The van der Waals surface area contributed by atoms with Crippen LogP contribution in [0.2, 0.25) is 0 Å². The fraction of sp³-hybridized carbons (Fsp3) is 0.267. The van der Waals surface area contributed by atoms with Gasteiger partial charge in [0.2, 0.25) is 0 Å². The summed E-state index contributed by atoms with van der Waals surface area (Å²) in [6.07, 6.45) is 3.35. The predicted molar refractivity (Wildman–Crippen MR) is 72.8 cm³/mol. The van der Waals surface area contributed by atoms with E-state index in [2.05, 4.69) is 10.3 Å². The molecule has 0 fully saturated rings. The van der Waals surface area contributed by atoms with Crippen molar-refractivity contribution in [2.24, 2.45) is 0 Å². The number of rotatable bonds is 5. The fourth-order valence-corrected chi connectivity index (χ4v) is 1.71. The zero-order chi connectivity index (χ0) is 13.7. The molecule has 0 atom stereocenters. The Morgan fingerprint density at radius 1 is 1.32 bits per heavy atom. The Morgan fingerprint density at radius 2 is 2.16 bits per heavy atom. The number of benzene rings is 1. The van der Waals surface area contributed by atoms with E-state index < -0.39 is 0 Å². The monoisotopic (exact) mass is 260 g/mol. The summed E-state index contributed by atoms with van der Waals surface area (Å²) in [7, 11) is 0. The predicted octanol–water partition coefficient (Wildman–Crippen LogP) is 3.43. The molecule has 0 saturated carbocycles. The van der Waals surface area contributed by atoms with E-state index in [1.807, 2.05) is 13.0 Å². The van der Waals surface area contributed by atoms with Crippen molar-refractivity contribution in [3.05, 3.63) is 53.6 Å². The standard InChI is InChI=1S/C15H17FN2O/c1-3-17-8-12-7-13(10-18-9-12)19-14-6-4-5-11(2)15(14)16/h4-7,9-10,17H,3,8H2,1-2H3. The van der Waals surface area contributed by atoms with Gasteiger partial charge < -0.3 is 10.1 Å². The molecule has 4 heteroatoms. The van der Waals surface area contributed by atoms with Crippen molar-refractivity contribution in [3.8, 4) is 11.5 Å². The SMILES string of the molecule is CCNCc1cncc(Oc2cccc(C)c2F)c1. The Hall–Kier alpha value is -1.94. The molecule has 2 rings (SSSR count). The molecule has 0 aliphatic carbocycles. The smallest absolute Gasteiger partial charge is 0.168 e. The summed E-state index contributed by atoms with van der Waals surface area (Å²) in [6, 6.07) is 6.95. The van der Waals surface area contributed by atoms with Crippen LogP contribution in [0.5, 0.6) is 11.5 Å². The van der Waals surface area contributed by atoms with Crippen LogP contribution in [0.15, 0.2) is 36.7 Å². The number of aryl methyl sites for hydroxylation is 1. The van der Waals surface area contributed by atoms with Crippen LogP contribution in [-0.2, 0) is 6.54 Å². The highest BCUT2D eigenvalue weighted by atomic mass is 19.1. The third kappa shape index (κ3) is 3.51. The van der Waals surface area contributed by atoms with E-state index in [1.54, 1.807) is 37.5 Å². The van der Waals surface area contributed by atoms with Crippen LogP contribution in [0, 0.1) is 12.7 Å². The quantitative estimate of drug-likeness (QED) is 0.894. The van der Waals surface area contributed by atoms with Gasteiger partial charge in [-0.3, -0.25) is 4.98 Å². The van der Waals surface area contributed by atoms with E-state index in [-0.39, 0.29) is 11.6 Å². The van der Waals surface area contributed by atoms with Crippen molar-refractivity contribution >= 4 is 0 Å². The van der Waals surface area contributed by atoms with Crippen molar-refractivity contribution in [1.29, 1.82) is 0 Å². The lowest BCUT2D eigenvalue weighted by molar-refractivity contribution is 0.437. The Morgan fingerprint density at radius 3 is 2.95 bits per heavy atom. The molecule has 2 aromatic rings. The summed E-state index contributed by atoms with van der Waals surface area (Å²) in [5, 5.41) is 3.21. The molecular formula is C15H17FN2O. The minimum Gasteiger partial charge on any atom is -0.453 e. The molecule has 0 saturated heterocycles. The molecule has 1 heterocycles.